The zero-order valence-corrected chi connectivity index (χ0v) is 9.94. The molecule has 86 valence electrons. The first-order valence-electron chi connectivity index (χ1n) is 5.47. The summed E-state index contributed by atoms with van der Waals surface area (Å²) in [5, 5.41) is 4.82. The standard InChI is InChI=1S/C13H14N4/c1-9(2)12(8-16-17-14)10-3-4-13-11(7-10)5-6-15-13/h3-7,15H,8H2,1-2H3. The summed E-state index contributed by atoms with van der Waals surface area (Å²) < 4.78 is 0. The van der Waals surface area contributed by atoms with Crippen LogP contribution >= 0.6 is 0 Å². The van der Waals surface area contributed by atoms with Crippen LogP contribution in [0.4, 0.5) is 0 Å². The summed E-state index contributed by atoms with van der Waals surface area (Å²) in [6.45, 7) is 4.46. The second-order valence-corrected chi connectivity index (χ2v) is 4.15. The van der Waals surface area contributed by atoms with Crippen LogP contribution in [0, 0.1) is 0 Å². The summed E-state index contributed by atoms with van der Waals surface area (Å²) in [7, 11) is 0. The van der Waals surface area contributed by atoms with Crippen molar-refractivity contribution < 1.29 is 0 Å². The van der Waals surface area contributed by atoms with Gasteiger partial charge in [0.15, 0.2) is 0 Å². The fraction of sp³-hybridized carbons (Fsp3) is 0.231. The number of allylic oxidation sites excluding steroid dienone is 1. The predicted octanol–water partition coefficient (Wildman–Crippen LogP) is 4.27. The number of azide groups is 1. The lowest BCUT2D eigenvalue weighted by atomic mass is 10.0. The lowest BCUT2D eigenvalue weighted by Gasteiger charge is -2.07. The molecular formula is C13H14N4. The number of H-pyrrole nitrogens is 1. The van der Waals surface area contributed by atoms with Gasteiger partial charge in [0.25, 0.3) is 0 Å². The van der Waals surface area contributed by atoms with Gasteiger partial charge >= 0.3 is 0 Å². The van der Waals surface area contributed by atoms with E-state index < -0.39 is 0 Å². The van der Waals surface area contributed by atoms with E-state index in [2.05, 4.69) is 21.1 Å². The van der Waals surface area contributed by atoms with E-state index in [9.17, 15) is 0 Å². The average molecular weight is 226 g/mol. The highest BCUT2D eigenvalue weighted by Gasteiger charge is 2.04. The number of benzene rings is 1. The third-order valence-corrected chi connectivity index (χ3v) is 2.80. The molecule has 0 radical (unpaired) electrons. The number of aromatic nitrogens is 1. The first kappa shape index (κ1) is 11.3. The summed E-state index contributed by atoms with van der Waals surface area (Å²) in [5.41, 5.74) is 12.9. The minimum Gasteiger partial charge on any atom is -0.361 e. The maximum atomic E-state index is 8.41. The van der Waals surface area contributed by atoms with Crippen molar-refractivity contribution in [2.75, 3.05) is 6.54 Å². The second-order valence-electron chi connectivity index (χ2n) is 4.15. The zero-order valence-electron chi connectivity index (χ0n) is 9.94. The molecule has 4 heteroatoms. The van der Waals surface area contributed by atoms with E-state index in [1.54, 1.807) is 0 Å². The van der Waals surface area contributed by atoms with Gasteiger partial charge < -0.3 is 4.98 Å². The minimum absolute atomic E-state index is 0.398. The molecule has 1 heterocycles. The number of aromatic amines is 1. The fourth-order valence-corrected chi connectivity index (χ4v) is 1.88. The molecule has 0 saturated carbocycles. The van der Waals surface area contributed by atoms with Crippen molar-refractivity contribution in [3.8, 4) is 0 Å². The fourth-order valence-electron chi connectivity index (χ4n) is 1.88. The molecule has 2 rings (SSSR count). The van der Waals surface area contributed by atoms with Crippen molar-refractivity contribution in [1.82, 2.24) is 4.98 Å². The molecule has 2 aromatic rings. The Balaban J connectivity index is 2.48. The van der Waals surface area contributed by atoms with Gasteiger partial charge in [-0.1, -0.05) is 16.8 Å². The van der Waals surface area contributed by atoms with E-state index in [-0.39, 0.29) is 0 Å². The van der Waals surface area contributed by atoms with Gasteiger partial charge in [-0.3, -0.25) is 0 Å². The summed E-state index contributed by atoms with van der Waals surface area (Å²) in [6.07, 6.45) is 1.92. The number of rotatable bonds is 3. The third-order valence-electron chi connectivity index (χ3n) is 2.80. The van der Waals surface area contributed by atoms with Crippen molar-refractivity contribution in [2.45, 2.75) is 13.8 Å². The Bertz CT molecular complexity index is 611. The Hall–Kier alpha value is -2.19. The first-order chi connectivity index (χ1) is 8.22. The van der Waals surface area contributed by atoms with Crippen molar-refractivity contribution >= 4 is 16.5 Å². The molecule has 0 aliphatic heterocycles. The summed E-state index contributed by atoms with van der Waals surface area (Å²) in [6, 6.07) is 8.24. The molecule has 17 heavy (non-hydrogen) atoms. The van der Waals surface area contributed by atoms with Crippen LogP contribution in [0.1, 0.15) is 19.4 Å². The van der Waals surface area contributed by atoms with Crippen LogP contribution in [0.25, 0.3) is 26.9 Å². The van der Waals surface area contributed by atoms with Gasteiger partial charge in [-0.05, 0) is 54.1 Å². The van der Waals surface area contributed by atoms with E-state index >= 15 is 0 Å². The average Bonchev–Trinajstić information content (AvgIpc) is 2.76. The number of nitrogens with one attached hydrogen (secondary N) is 1. The number of hydrogen-bond acceptors (Lipinski definition) is 1. The van der Waals surface area contributed by atoms with E-state index in [1.165, 1.54) is 11.0 Å². The molecule has 0 aliphatic rings. The normalized spacial score (nSPS) is 10.0. The van der Waals surface area contributed by atoms with Crippen molar-refractivity contribution in [3.05, 3.63) is 52.0 Å². The minimum atomic E-state index is 0.398. The molecule has 0 amide bonds. The summed E-state index contributed by atoms with van der Waals surface area (Å²) >= 11 is 0. The number of nitrogens with zero attached hydrogens (tertiary/aromatic N) is 3. The number of hydrogen-bond donors (Lipinski definition) is 1. The smallest absolute Gasteiger partial charge is 0.0516 e. The van der Waals surface area contributed by atoms with Crippen LogP contribution in [-0.2, 0) is 0 Å². The van der Waals surface area contributed by atoms with Gasteiger partial charge in [-0.2, -0.15) is 0 Å². The Kier molecular flexibility index (Phi) is 3.17. The molecule has 0 fully saturated rings. The Morgan fingerprint density at radius 3 is 2.88 bits per heavy atom. The largest absolute Gasteiger partial charge is 0.361 e. The predicted molar refractivity (Wildman–Crippen MR) is 70.6 cm³/mol. The molecule has 4 nitrogen and oxygen atoms in total. The number of fused-ring (bicyclic) bond motifs is 1. The Morgan fingerprint density at radius 1 is 1.35 bits per heavy atom. The van der Waals surface area contributed by atoms with Crippen LogP contribution in [-0.4, -0.2) is 11.5 Å². The second kappa shape index (κ2) is 4.76. The molecule has 0 unspecified atom stereocenters. The summed E-state index contributed by atoms with van der Waals surface area (Å²) in [4.78, 5) is 5.98. The highest BCUT2D eigenvalue weighted by molar-refractivity contribution is 5.84. The lowest BCUT2D eigenvalue weighted by molar-refractivity contribution is 1.19. The molecule has 0 bridgehead atoms. The van der Waals surface area contributed by atoms with Crippen LogP contribution in [0.3, 0.4) is 0 Å². The Labute approximate surface area is 99.6 Å². The van der Waals surface area contributed by atoms with Gasteiger partial charge in [0.2, 0.25) is 0 Å². The highest BCUT2D eigenvalue weighted by atomic mass is 15.1. The summed E-state index contributed by atoms with van der Waals surface area (Å²) in [5.74, 6) is 0. The van der Waals surface area contributed by atoms with Crippen LogP contribution in [0.2, 0.25) is 0 Å². The van der Waals surface area contributed by atoms with Gasteiger partial charge in [0, 0.05) is 16.6 Å². The van der Waals surface area contributed by atoms with Crippen molar-refractivity contribution in [1.29, 1.82) is 0 Å². The van der Waals surface area contributed by atoms with Crippen LogP contribution in [0.15, 0.2) is 41.1 Å². The van der Waals surface area contributed by atoms with Crippen LogP contribution < -0.4 is 0 Å². The van der Waals surface area contributed by atoms with Gasteiger partial charge in [-0.25, -0.2) is 0 Å². The van der Waals surface area contributed by atoms with Gasteiger partial charge in [0.1, 0.15) is 0 Å². The highest BCUT2D eigenvalue weighted by Crippen LogP contribution is 2.23. The molecule has 0 saturated heterocycles. The maximum Gasteiger partial charge on any atom is 0.0516 e. The first-order valence-corrected chi connectivity index (χ1v) is 5.47. The molecule has 1 aromatic carbocycles. The Morgan fingerprint density at radius 2 is 2.18 bits per heavy atom. The molecule has 0 atom stereocenters. The molecular weight excluding hydrogens is 212 g/mol. The third kappa shape index (κ3) is 2.32. The molecule has 1 aromatic heterocycles. The van der Waals surface area contributed by atoms with Crippen LogP contribution in [0.5, 0.6) is 0 Å². The molecule has 1 N–H and O–H groups in total. The SMILES string of the molecule is CC(C)=C(CN=[N+]=[N-])c1ccc2[nH]ccc2c1. The van der Waals surface area contributed by atoms with E-state index in [0.29, 0.717) is 6.54 Å². The topological polar surface area (TPSA) is 64.6 Å². The van der Waals surface area contributed by atoms with Crippen molar-refractivity contribution in [2.24, 2.45) is 5.11 Å². The molecule has 0 spiro atoms. The zero-order chi connectivity index (χ0) is 12.3. The quantitative estimate of drug-likeness (QED) is 0.461. The maximum absolute atomic E-state index is 8.41. The van der Waals surface area contributed by atoms with Gasteiger partial charge in [-0.15, -0.1) is 0 Å². The van der Waals surface area contributed by atoms with E-state index in [1.807, 2.05) is 38.2 Å². The van der Waals surface area contributed by atoms with Gasteiger partial charge in [0.05, 0.1) is 6.54 Å². The van der Waals surface area contributed by atoms with E-state index in [4.69, 9.17) is 5.53 Å². The monoisotopic (exact) mass is 226 g/mol. The van der Waals surface area contributed by atoms with Crippen molar-refractivity contribution in [3.63, 3.8) is 0 Å². The van der Waals surface area contributed by atoms with E-state index in [0.717, 1.165) is 16.7 Å². The lowest BCUT2D eigenvalue weighted by Crippen LogP contribution is -1.91. The molecule has 0 aliphatic carbocycles.